The zero-order chi connectivity index (χ0) is 20.1. The lowest BCUT2D eigenvalue weighted by molar-refractivity contribution is -0.140. The summed E-state index contributed by atoms with van der Waals surface area (Å²) in [5, 5.41) is 10.9. The van der Waals surface area contributed by atoms with E-state index in [-0.39, 0.29) is 11.3 Å². The van der Waals surface area contributed by atoms with E-state index in [1.165, 1.54) is 4.90 Å². The van der Waals surface area contributed by atoms with Crippen molar-refractivity contribution in [2.24, 2.45) is 0 Å². The Labute approximate surface area is 165 Å². The first-order valence-corrected chi connectivity index (χ1v) is 9.55. The van der Waals surface area contributed by atoms with E-state index in [0.717, 1.165) is 13.1 Å². The van der Waals surface area contributed by atoms with Crippen molar-refractivity contribution in [3.8, 4) is 0 Å². The summed E-state index contributed by atoms with van der Waals surface area (Å²) in [7, 11) is 0. The monoisotopic (exact) mass is 379 g/mol. The number of aromatic nitrogens is 1. The van der Waals surface area contributed by atoms with Crippen LogP contribution in [0.15, 0.2) is 60.3 Å². The van der Waals surface area contributed by atoms with Gasteiger partial charge >= 0.3 is 0 Å². The summed E-state index contributed by atoms with van der Waals surface area (Å²) >= 11 is 0. The van der Waals surface area contributed by atoms with E-state index >= 15 is 0 Å². The van der Waals surface area contributed by atoms with Crippen LogP contribution in [0.4, 0.5) is 0 Å². The van der Waals surface area contributed by atoms with Gasteiger partial charge in [0.15, 0.2) is 0 Å². The Morgan fingerprint density at radius 1 is 1.07 bits per heavy atom. The summed E-state index contributed by atoms with van der Waals surface area (Å²) in [6, 6.07) is 13.5. The lowest BCUT2D eigenvalue weighted by Crippen LogP contribution is -2.38. The number of likely N-dealkylation sites (N-methyl/N-ethyl adjacent to an activating group) is 1. The third-order valence-corrected chi connectivity index (χ3v) is 5.11. The molecule has 1 atom stereocenters. The molecule has 146 valence electrons. The molecule has 1 aromatic heterocycles. The second kappa shape index (κ2) is 8.80. The number of ketones is 1. The number of nitrogens with zero attached hydrogens (tertiary/aromatic N) is 3. The Morgan fingerprint density at radius 2 is 1.75 bits per heavy atom. The average molecular weight is 379 g/mol. The number of aliphatic hydroxyl groups is 1. The number of likely N-dealkylation sites (tertiary alicyclic amines) is 1. The third kappa shape index (κ3) is 3.82. The number of carbonyl (C=O) groups excluding carboxylic acids is 2. The molecule has 0 unspecified atom stereocenters. The van der Waals surface area contributed by atoms with E-state index in [1.807, 2.05) is 12.1 Å². The molecule has 1 saturated heterocycles. The normalized spacial score (nSPS) is 18.8. The fourth-order valence-electron chi connectivity index (χ4n) is 3.50. The molecule has 1 aliphatic heterocycles. The number of carbonyl (C=O) groups is 2. The maximum atomic E-state index is 12.8. The number of amides is 1. The molecule has 0 aliphatic carbocycles. The van der Waals surface area contributed by atoms with Crippen molar-refractivity contribution < 1.29 is 14.7 Å². The minimum Gasteiger partial charge on any atom is -0.507 e. The molecule has 2 aromatic rings. The van der Waals surface area contributed by atoms with Crippen LogP contribution >= 0.6 is 0 Å². The topological polar surface area (TPSA) is 73.7 Å². The van der Waals surface area contributed by atoms with Crippen LogP contribution in [0.2, 0.25) is 0 Å². The summed E-state index contributed by atoms with van der Waals surface area (Å²) in [5.74, 6) is -1.43. The maximum absolute atomic E-state index is 12.8. The Balaban J connectivity index is 2.06. The third-order valence-electron chi connectivity index (χ3n) is 5.11. The second-order valence-electron chi connectivity index (χ2n) is 6.64. The van der Waals surface area contributed by atoms with Gasteiger partial charge < -0.3 is 14.9 Å². The highest BCUT2D eigenvalue weighted by Crippen LogP contribution is 2.38. The van der Waals surface area contributed by atoms with E-state index in [1.54, 1.807) is 42.6 Å². The smallest absolute Gasteiger partial charge is 0.295 e. The van der Waals surface area contributed by atoms with Crippen molar-refractivity contribution in [1.82, 2.24) is 14.8 Å². The summed E-state index contributed by atoms with van der Waals surface area (Å²) in [6.07, 6.45) is 1.63. The summed E-state index contributed by atoms with van der Waals surface area (Å²) in [6.45, 7) is 6.87. The zero-order valence-electron chi connectivity index (χ0n) is 16.2. The molecule has 1 aliphatic rings. The summed E-state index contributed by atoms with van der Waals surface area (Å²) in [4.78, 5) is 33.7. The molecule has 2 heterocycles. The first-order valence-electron chi connectivity index (χ1n) is 9.55. The molecule has 1 aromatic carbocycles. The minimum absolute atomic E-state index is 0.0921. The van der Waals surface area contributed by atoms with Gasteiger partial charge in [-0.3, -0.25) is 14.6 Å². The molecule has 1 N–H and O–H groups in total. The SMILES string of the molecule is CCN(CC)CCN1C(=O)C(=O)C(=C(O)c2ccccc2)[C@H]1c1ccccn1. The van der Waals surface area contributed by atoms with E-state index in [9.17, 15) is 14.7 Å². The number of hydrogen-bond donors (Lipinski definition) is 1. The van der Waals surface area contributed by atoms with Gasteiger partial charge in [-0.25, -0.2) is 0 Å². The van der Waals surface area contributed by atoms with Gasteiger partial charge in [-0.2, -0.15) is 0 Å². The summed E-state index contributed by atoms with van der Waals surface area (Å²) < 4.78 is 0. The van der Waals surface area contributed by atoms with Gasteiger partial charge in [-0.1, -0.05) is 50.2 Å². The number of hydrogen-bond acceptors (Lipinski definition) is 5. The zero-order valence-corrected chi connectivity index (χ0v) is 16.2. The van der Waals surface area contributed by atoms with Crippen molar-refractivity contribution in [2.75, 3.05) is 26.2 Å². The Hall–Kier alpha value is -2.99. The Morgan fingerprint density at radius 3 is 2.36 bits per heavy atom. The minimum atomic E-state index is -0.697. The Bertz CT molecular complexity index is 861. The molecule has 1 fully saturated rings. The van der Waals surface area contributed by atoms with Gasteiger partial charge in [0, 0.05) is 24.8 Å². The highest BCUT2D eigenvalue weighted by Gasteiger charge is 2.46. The van der Waals surface area contributed by atoms with Crippen LogP contribution in [0, 0.1) is 0 Å². The van der Waals surface area contributed by atoms with Crippen LogP contribution in [0.25, 0.3) is 5.76 Å². The number of aliphatic hydroxyl groups excluding tert-OH is 1. The van der Waals surface area contributed by atoms with E-state index in [4.69, 9.17) is 0 Å². The van der Waals surface area contributed by atoms with Crippen LogP contribution in [0.3, 0.4) is 0 Å². The van der Waals surface area contributed by atoms with Crippen molar-refractivity contribution >= 4 is 17.4 Å². The number of rotatable bonds is 7. The van der Waals surface area contributed by atoms with E-state index in [2.05, 4.69) is 23.7 Å². The van der Waals surface area contributed by atoms with Gasteiger partial charge in [0.05, 0.1) is 11.3 Å². The fraction of sp³-hybridized carbons (Fsp3) is 0.318. The highest BCUT2D eigenvalue weighted by atomic mass is 16.3. The quantitative estimate of drug-likeness (QED) is 0.455. The molecule has 28 heavy (non-hydrogen) atoms. The van der Waals surface area contributed by atoms with Crippen molar-refractivity contribution in [3.63, 3.8) is 0 Å². The van der Waals surface area contributed by atoms with Crippen molar-refractivity contribution in [3.05, 3.63) is 71.6 Å². The van der Waals surface area contributed by atoms with Gasteiger partial charge in [-0.15, -0.1) is 0 Å². The molecule has 0 radical (unpaired) electrons. The highest BCUT2D eigenvalue weighted by molar-refractivity contribution is 6.46. The van der Waals surface area contributed by atoms with Crippen LogP contribution < -0.4 is 0 Å². The molecule has 0 saturated carbocycles. The molecule has 1 amide bonds. The van der Waals surface area contributed by atoms with E-state index in [0.29, 0.717) is 24.3 Å². The lowest BCUT2D eigenvalue weighted by atomic mass is 9.98. The fourth-order valence-corrected chi connectivity index (χ4v) is 3.50. The van der Waals surface area contributed by atoms with Gasteiger partial charge in [0.25, 0.3) is 11.7 Å². The number of benzene rings is 1. The average Bonchev–Trinajstić information content (AvgIpc) is 3.00. The largest absolute Gasteiger partial charge is 0.507 e. The first kappa shape index (κ1) is 19.8. The number of Topliss-reactive ketones (excluding diaryl/α,β-unsaturated/α-hetero) is 1. The molecular weight excluding hydrogens is 354 g/mol. The molecular formula is C22H25N3O3. The second-order valence-corrected chi connectivity index (χ2v) is 6.64. The lowest BCUT2D eigenvalue weighted by Gasteiger charge is -2.27. The predicted molar refractivity (Wildman–Crippen MR) is 107 cm³/mol. The van der Waals surface area contributed by atoms with Crippen LogP contribution in [-0.2, 0) is 9.59 Å². The molecule has 0 spiro atoms. The van der Waals surface area contributed by atoms with Gasteiger partial charge in [0.1, 0.15) is 11.8 Å². The van der Waals surface area contributed by atoms with Gasteiger partial charge in [-0.05, 0) is 25.2 Å². The van der Waals surface area contributed by atoms with Crippen molar-refractivity contribution in [2.45, 2.75) is 19.9 Å². The van der Waals surface area contributed by atoms with Crippen molar-refractivity contribution in [1.29, 1.82) is 0 Å². The standard InChI is InChI=1S/C22H25N3O3/c1-3-24(4-2)14-15-25-19(17-12-8-9-13-23-17)18(21(27)22(25)28)20(26)16-10-6-5-7-11-16/h5-13,19,26H,3-4,14-15H2,1-2H3/t19-/m1/s1. The molecule has 0 bridgehead atoms. The van der Waals surface area contributed by atoms with Crippen LogP contribution in [-0.4, -0.2) is 57.8 Å². The molecule has 6 nitrogen and oxygen atoms in total. The van der Waals surface area contributed by atoms with Crippen LogP contribution in [0.1, 0.15) is 31.1 Å². The predicted octanol–water partition coefficient (Wildman–Crippen LogP) is 2.85. The Kier molecular flexibility index (Phi) is 6.21. The maximum Gasteiger partial charge on any atom is 0.295 e. The first-order chi connectivity index (χ1) is 13.6. The molecule has 3 rings (SSSR count). The summed E-state index contributed by atoms with van der Waals surface area (Å²) in [5.41, 5.74) is 1.17. The van der Waals surface area contributed by atoms with E-state index < -0.39 is 17.7 Å². The van der Waals surface area contributed by atoms with Crippen LogP contribution in [0.5, 0.6) is 0 Å². The number of pyridine rings is 1. The van der Waals surface area contributed by atoms with Gasteiger partial charge in [0.2, 0.25) is 0 Å². The molecule has 6 heteroatoms.